The number of aromatic nitrogens is 2. The van der Waals surface area contributed by atoms with Gasteiger partial charge in [-0.05, 0) is 19.3 Å². The Kier molecular flexibility index (Phi) is 6.05. The molecule has 0 radical (unpaired) electrons. The topological polar surface area (TPSA) is 69.6 Å². The van der Waals surface area contributed by atoms with Gasteiger partial charge in [0.05, 0.1) is 6.54 Å². The van der Waals surface area contributed by atoms with Crippen LogP contribution in [0.2, 0.25) is 0 Å². The summed E-state index contributed by atoms with van der Waals surface area (Å²) in [5.74, 6) is 0.477. The monoisotopic (exact) mass is 352 g/mol. The second kappa shape index (κ2) is 8.25. The number of carbonyl (C=O) groups excluding carboxylic acids is 1. The van der Waals surface area contributed by atoms with Crippen LogP contribution < -0.4 is 4.90 Å². The molecule has 1 N–H and O–H groups in total. The van der Waals surface area contributed by atoms with Crippen molar-refractivity contribution in [3.63, 3.8) is 0 Å². The number of unbranched alkanes of at least 4 members (excludes halogenated alkanes) is 3. The van der Waals surface area contributed by atoms with Crippen LogP contribution in [0.5, 0.6) is 0 Å². The van der Waals surface area contributed by atoms with Gasteiger partial charge in [0.25, 0.3) is 0 Å². The summed E-state index contributed by atoms with van der Waals surface area (Å²) in [6, 6.07) is -0.134. The second-order valence-electron chi connectivity index (χ2n) is 6.90. The van der Waals surface area contributed by atoms with Crippen molar-refractivity contribution in [3.8, 4) is 0 Å². The maximum atomic E-state index is 12.6. The molecular formula is C17H28N4O2S. The van der Waals surface area contributed by atoms with E-state index in [1.54, 1.807) is 4.90 Å². The molecule has 1 aliphatic heterocycles. The van der Waals surface area contributed by atoms with Gasteiger partial charge in [-0.15, -0.1) is 10.2 Å². The molecule has 7 heteroatoms. The molecule has 2 aliphatic rings. The fourth-order valence-corrected chi connectivity index (χ4v) is 4.65. The molecule has 0 aromatic carbocycles. The third-order valence-corrected chi connectivity index (χ3v) is 6.12. The molecule has 24 heavy (non-hydrogen) atoms. The van der Waals surface area contributed by atoms with Gasteiger partial charge in [0, 0.05) is 12.5 Å². The van der Waals surface area contributed by atoms with Gasteiger partial charge < -0.3 is 10.0 Å². The molecule has 2 heterocycles. The normalized spacial score (nSPS) is 22.6. The first-order chi connectivity index (χ1) is 11.7. The second-order valence-corrected chi connectivity index (χ2v) is 7.89. The van der Waals surface area contributed by atoms with E-state index in [-0.39, 0.29) is 6.03 Å². The lowest BCUT2D eigenvalue weighted by atomic mass is 9.90. The summed E-state index contributed by atoms with van der Waals surface area (Å²) in [6.07, 6.45) is 9.79. The minimum atomic E-state index is -0.809. The van der Waals surface area contributed by atoms with Crippen molar-refractivity contribution in [2.24, 2.45) is 0 Å². The number of anilines is 1. The van der Waals surface area contributed by atoms with Gasteiger partial charge in [0.1, 0.15) is 5.01 Å². The molecule has 2 fully saturated rings. The first kappa shape index (κ1) is 17.6. The van der Waals surface area contributed by atoms with Gasteiger partial charge in [-0.1, -0.05) is 56.8 Å². The number of aliphatic hydroxyl groups excluding tert-OH is 1. The Labute approximate surface area is 147 Å². The third kappa shape index (κ3) is 3.88. The van der Waals surface area contributed by atoms with Crippen molar-refractivity contribution in [1.29, 1.82) is 0 Å². The van der Waals surface area contributed by atoms with Crippen LogP contribution in [-0.2, 0) is 0 Å². The van der Waals surface area contributed by atoms with E-state index in [4.69, 9.17) is 0 Å². The van der Waals surface area contributed by atoms with Crippen LogP contribution in [0.25, 0.3) is 0 Å². The quantitative estimate of drug-likeness (QED) is 0.759. The highest BCUT2D eigenvalue weighted by atomic mass is 32.1. The Hall–Kier alpha value is -1.21. The summed E-state index contributed by atoms with van der Waals surface area (Å²) < 4.78 is 0. The van der Waals surface area contributed by atoms with Crippen molar-refractivity contribution in [3.05, 3.63) is 5.01 Å². The highest BCUT2D eigenvalue weighted by Crippen LogP contribution is 2.37. The van der Waals surface area contributed by atoms with E-state index < -0.39 is 6.23 Å². The van der Waals surface area contributed by atoms with Gasteiger partial charge in [-0.25, -0.2) is 9.69 Å². The Morgan fingerprint density at radius 3 is 2.71 bits per heavy atom. The minimum Gasteiger partial charge on any atom is -0.371 e. The third-order valence-electron chi connectivity index (χ3n) is 5.03. The summed E-state index contributed by atoms with van der Waals surface area (Å²) in [5.41, 5.74) is 0. The lowest BCUT2D eigenvalue weighted by Gasteiger charge is -2.18. The number of rotatable bonds is 7. The zero-order chi connectivity index (χ0) is 16.9. The van der Waals surface area contributed by atoms with Crippen molar-refractivity contribution < 1.29 is 9.90 Å². The number of nitrogens with zero attached hydrogens (tertiary/aromatic N) is 4. The molecular weight excluding hydrogens is 324 g/mol. The Morgan fingerprint density at radius 1 is 1.17 bits per heavy atom. The number of hydrogen-bond donors (Lipinski definition) is 1. The number of β-amino-alcohol motifs (C(OH)–C–C–N with tert-alkyl or cyclic N) is 1. The van der Waals surface area contributed by atoms with E-state index in [2.05, 4.69) is 17.1 Å². The van der Waals surface area contributed by atoms with E-state index in [1.165, 1.54) is 48.3 Å². The van der Waals surface area contributed by atoms with E-state index in [9.17, 15) is 9.90 Å². The van der Waals surface area contributed by atoms with Gasteiger partial charge in [-0.3, -0.25) is 0 Å². The molecule has 0 bridgehead atoms. The molecule has 0 spiro atoms. The molecule has 2 amide bonds. The lowest BCUT2D eigenvalue weighted by molar-refractivity contribution is 0.176. The molecule has 1 aromatic rings. The number of hydrogen-bond acceptors (Lipinski definition) is 5. The summed E-state index contributed by atoms with van der Waals surface area (Å²) in [6.45, 7) is 3.25. The average Bonchev–Trinajstić information content (AvgIpc) is 3.17. The first-order valence-corrected chi connectivity index (χ1v) is 10.1. The zero-order valence-corrected chi connectivity index (χ0v) is 15.3. The Balaban J connectivity index is 1.61. The highest BCUT2D eigenvalue weighted by Gasteiger charge is 2.39. The van der Waals surface area contributed by atoms with E-state index in [1.807, 2.05) is 0 Å². The van der Waals surface area contributed by atoms with Crippen molar-refractivity contribution >= 4 is 22.5 Å². The molecule has 1 aliphatic carbocycles. The van der Waals surface area contributed by atoms with E-state index in [0.717, 1.165) is 30.7 Å². The summed E-state index contributed by atoms with van der Waals surface area (Å²) in [5, 5.41) is 20.4. The van der Waals surface area contributed by atoms with Crippen LogP contribution in [0.3, 0.4) is 0 Å². The highest BCUT2D eigenvalue weighted by molar-refractivity contribution is 7.15. The SMILES string of the molecule is CCCCCCN1CC(O)N(c2nnc(C3CCCCC3)s2)C1=O. The van der Waals surface area contributed by atoms with Gasteiger partial charge >= 0.3 is 6.03 Å². The average molecular weight is 353 g/mol. The number of aliphatic hydroxyl groups is 1. The Morgan fingerprint density at radius 2 is 1.96 bits per heavy atom. The van der Waals surface area contributed by atoms with Crippen LogP contribution in [-0.4, -0.2) is 45.6 Å². The molecule has 134 valence electrons. The fraction of sp³-hybridized carbons (Fsp3) is 0.824. The molecule has 1 atom stereocenters. The van der Waals surface area contributed by atoms with Crippen LogP contribution in [0.4, 0.5) is 9.93 Å². The molecule has 3 rings (SSSR count). The van der Waals surface area contributed by atoms with Crippen molar-refractivity contribution in [1.82, 2.24) is 15.1 Å². The van der Waals surface area contributed by atoms with Gasteiger partial charge in [0.2, 0.25) is 5.13 Å². The van der Waals surface area contributed by atoms with Gasteiger partial charge in [0.15, 0.2) is 6.23 Å². The standard InChI is InChI=1S/C17H28N4O2S/c1-2-3-4-8-11-20-12-14(22)21(17(20)23)16-19-18-15(24-16)13-9-6-5-7-10-13/h13-14,22H,2-12H2,1H3. The summed E-state index contributed by atoms with van der Waals surface area (Å²) in [7, 11) is 0. The molecule has 1 saturated carbocycles. The number of carbonyl (C=O) groups is 1. The largest absolute Gasteiger partial charge is 0.371 e. The maximum absolute atomic E-state index is 12.6. The van der Waals surface area contributed by atoms with Crippen molar-refractivity contribution in [2.75, 3.05) is 18.0 Å². The van der Waals surface area contributed by atoms with Crippen LogP contribution >= 0.6 is 11.3 Å². The molecule has 1 unspecified atom stereocenters. The lowest BCUT2D eigenvalue weighted by Crippen LogP contribution is -2.35. The molecule has 6 nitrogen and oxygen atoms in total. The number of amides is 2. The molecule has 1 aromatic heterocycles. The van der Waals surface area contributed by atoms with Crippen molar-refractivity contribution in [2.45, 2.75) is 76.9 Å². The van der Waals surface area contributed by atoms with E-state index >= 15 is 0 Å². The zero-order valence-electron chi connectivity index (χ0n) is 14.5. The van der Waals surface area contributed by atoms with Gasteiger partial charge in [-0.2, -0.15) is 0 Å². The first-order valence-electron chi connectivity index (χ1n) is 9.30. The minimum absolute atomic E-state index is 0.134. The summed E-state index contributed by atoms with van der Waals surface area (Å²) in [4.78, 5) is 15.8. The predicted molar refractivity (Wildman–Crippen MR) is 95.3 cm³/mol. The summed E-state index contributed by atoms with van der Waals surface area (Å²) >= 11 is 1.47. The fourth-order valence-electron chi connectivity index (χ4n) is 3.60. The maximum Gasteiger partial charge on any atom is 0.328 e. The number of urea groups is 1. The van der Waals surface area contributed by atoms with Crippen LogP contribution in [0.1, 0.15) is 75.6 Å². The smallest absolute Gasteiger partial charge is 0.328 e. The van der Waals surface area contributed by atoms with Crippen LogP contribution in [0.15, 0.2) is 0 Å². The Bertz CT molecular complexity index is 544. The molecule has 1 saturated heterocycles. The van der Waals surface area contributed by atoms with E-state index in [0.29, 0.717) is 24.1 Å². The predicted octanol–water partition coefficient (Wildman–Crippen LogP) is 3.73. The van der Waals surface area contributed by atoms with Crippen LogP contribution in [0, 0.1) is 0 Å².